The van der Waals surface area contributed by atoms with Crippen LogP contribution in [0.25, 0.3) is 10.2 Å². The van der Waals surface area contributed by atoms with Gasteiger partial charge in [-0.3, -0.25) is 14.9 Å². The van der Waals surface area contributed by atoms with Crippen LogP contribution in [0.3, 0.4) is 0 Å². The number of ether oxygens (including phenoxy) is 2. The summed E-state index contributed by atoms with van der Waals surface area (Å²) < 4.78 is 13.3. The van der Waals surface area contributed by atoms with E-state index in [9.17, 15) is 14.9 Å². The number of amides is 1. The van der Waals surface area contributed by atoms with Crippen molar-refractivity contribution >= 4 is 56.3 Å². The van der Waals surface area contributed by atoms with Crippen LogP contribution in [-0.2, 0) is 16.1 Å². The van der Waals surface area contributed by atoms with Crippen LogP contribution in [0.15, 0.2) is 41.4 Å². The zero-order chi connectivity index (χ0) is 21.7. The Labute approximate surface area is 185 Å². The van der Waals surface area contributed by atoms with E-state index < -0.39 is 10.8 Å². The van der Waals surface area contributed by atoms with Crippen molar-refractivity contribution in [1.29, 1.82) is 0 Å². The van der Waals surface area contributed by atoms with Gasteiger partial charge in [0, 0.05) is 30.3 Å². The molecule has 1 amide bonds. The number of non-ortho nitro benzene ring substituents is 1. The number of thiazole rings is 1. The molecule has 0 bridgehead atoms. The molecule has 2 aromatic carbocycles. The molecule has 0 atom stereocenters. The first-order valence-corrected chi connectivity index (χ1v) is 10.5. The topological polar surface area (TPSA) is 96.0 Å². The van der Waals surface area contributed by atoms with Crippen molar-refractivity contribution in [3.63, 3.8) is 0 Å². The van der Waals surface area contributed by atoms with E-state index in [4.69, 9.17) is 32.7 Å². The van der Waals surface area contributed by atoms with Crippen LogP contribution < -0.4 is 9.54 Å². The van der Waals surface area contributed by atoms with E-state index in [1.165, 1.54) is 29.5 Å². The summed E-state index contributed by atoms with van der Waals surface area (Å²) in [5.74, 6) is -0.201. The lowest BCUT2D eigenvalue weighted by Crippen LogP contribution is -2.21. The average molecular weight is 470 g/mol. The van der Waals surface area contributed by atoms with Crippen molar-refractivity contribution in [2.45, 2.75) is 13.5 Å². The Hall–Kier alpha value is -2.46. The average Bonchev–Trinajstić information content (AvgIpc) is 3.03. The highest BCUT2D eigenvalue weighted by molar-refractivity contribution is 7.16. The first-order chi connectivity index (χ1) is 14.4. The molecule has 3 aromatic rings. The lowest BCUT2D eigenvalue weighted by Gasteiger charge is -2.06. The fourth-order valence-electron chi connectivity index (χ4n) is 2.65. The Morgan fingerprint density at radius 2 is 2.07 bits per heavy atom. The van der Waals surface area contributed by atoms with E-state index in [0.29, 0.717) is 40.0 Å². The Morgan fingerprint density at radius 3 is 2.77 bits per heavy atom. The number of benzene rings is 2. The summed E-state index contributed by atoms with van der Waals surface area (Å²) in [7, 11) is 0. The smallest absolute Gasteiger partial charge is 0.286 e. The molecule has 0 unspecified atom stereocenters. The molecule has 30 heavy (non-hydrogen) atoms. The standard InChI is InChI=1S/C19H17Cl2N3O5S/c1-2-28-8-7-23-15-5-4-13(24(26)27)10-17(15)30-19(23)22-18(25)11-29-16-6-3-12(20)9-14(16)21/h3-6,9-10H,2,7-8,11H2,1H3. The van der Waals surface area contributed by atoms with E-state index >= 15 is 0 Å². The predicted octanol–water partition coefficient (Wildman–Crippen LogP) is 4.46. The molecule has 11 heteroatoms. The molecule has 0 saturated heterocycles. The number of nitro groups is 1. The molecule has 0 saturated carbocycles. The second kappa shape index (κ2) is 10.0. The zero-order valence-electron chi connectivity index (χ0n) is 15.8. The minimum Gasteiger partial charge on any atom is -0.482 e. The maximum absolute atomic E-state index is 12.4. The first kappa shape index (κ1) is 22.2. The highest BCUT2D eigenvalue weighted by atomic mass is 35.5. The third-order valence-electron chi connectivity index (χ3n) is 4.01. The highest BCUT2D eigenvalue weighted by Crippen LogP contribution is 2.27. The predicted molar refractivity (Wildman–Crippen MR) is 115 cm³/mol. The van der Waals surface area contributed by atoms with E-state index in [1.807, 2.05) is 6.92 Å². The molecular weight excluding hydrogens is 453 g/mol. The molecule has 158 valence electrons. The molecular formula is C19H17Cl2N3O5S. The van der Waals surface area contributed by atoms with Crippen molar-refractivity contribution in [2.24, 2.45) is 4.99 Å². The fourth-order valence-corrected chi connectivity index (χ4v) is 4.22. The molecule has 8 nitrogen and oxygen atoms in total. The highest BCUT2D eigenvalue weighted by Gasteiger charge is 2.13. The van der Waals surface area contributed by atoms with Gasteiger partial charge in [0.05, 0.1) is 26.8 Å². The van der Waals surface area contributed by atoms with Gasteiger partial charge in [-0.05, 0) is 31.2 Å². The molecule has 0 spiro atoms. The number of halogens is 2. The number of hydrogen-bond donors (Lipinski definition) is 0. The summed E-state index contributed by atoms with van der Waals surface area (Å²) in [6, 6.07) is 9.21. The summed E-state index contributed by atoms with van der Waals surface area (Å²) in [6.07, 6.45) is 0. The van der Waals surface area contributed by atoms with Crippen LogP contribution >= 0.6 is 34.5 Å². The Bertz CT molecular complexity index is 1160. The molecule has 0 aliphatic rings. The minimum absolute atomic E-state index is 0.0284. The van der Waals surface area contributed by atoms with Crippen molar-refractivity contribution < 1.29 is 19.2 Å². The van der Waals surface area contributed by atoms with Gasteiger partial charge in [-0.25, -0.2) is 0 Å². The first-order valence-electron chi connectivity index (χ1n) is 8.90. The largest absolute Gasteiger partial charge is 0.482 e. The quantitative estimate of drug-likeness (QED) is 0.275. The maximum atomic E-state index is 12.4. The Balaban J connectivity index is 1.89. The number of fused-ring (bicyclic) bond motifs is 1. The minimum atomic E-state index is -0.521. The lowest BCUT2D eigenvalue weighted by molar-refractivity contribution is -0.384. The number of carbonyl (C=O) groups excluding carboxylic acids is 1. The molecule has 0 fully saturated rings. The summed E-state index contributed by atoms with van der Waals surface area (Å²) in [6.45, 7) is 2.98. The summed E-state index contributed by atoms with van der Waals surface area (Å²) in [4.78, 5) is 27.5. The molecule has 0 N–H and O–H groups in total. The Kier molecular flexibility index (Phi) is 7.43. The third-order valence-corrected chi connectivity index (χ3v) is 5.58. The molecule has 0 aliphatic heterocycles. The number of hydrogen-bond acceptors (Lipinski definition) is 6. The van der Waals surface area contributed by atoms with Gasteiger partial charge in [-0.1, -0.05) is 34.5 Å². The van der Waals surface area contributed by atoms with Gasteiger partial charge < -0.3 is 14.0 Å². The van der Waals surface area contributed by atoms with E-state index in [1.54, 1.807) is 22.8 Å². The van der Waals surface area contributed by atoms with Crippen molar-refractivity contribution in [3.05, 3.63) is 61.4 Å². The molecule has 3 rings (SSSR count). The SMILES string of the molecule is CCOCCn1c(=NC(=O)COc2ccc(Cl)cc2Cl)sc2cc([N+](=O)[O-])ccc21. The summed E-state index contributed by atoms with van der Waals surface area (Å²) >= 11 is 13.1. The summed E-state index contributed by atoms with van der Waals surface area (Å²) in [5, 5.41) is 11.8. The van der Waals surface area contributed by atoms with Crippen molar-refractivity contribution in [1.82, 2.24) is 4.57 Å². The van der Waals surface area contributed by atoms with E-state index in [2.05, 4.69) is 4.99 Å². The van der Waals surface area contributed by atoms with Gasteiger partial charge in [-0.2, -0.15) is 4.99 Å². The van der Waals surface area contributed by atoms with Crippen LogP contribution in [0.1, 0.15) is 6.92 Å². The second-order valence-corrected chi connectivity index (χ2v) is 7.86. The second-order valence-electron chi connectivity index (χ2n) is 6.01. The van der Waals surface area contributed by atoms with Crippen LogP contribution in [0.2, 0.25) is 10.0 Å². The number of rotatable bonds is 8. The Morgan fingerprint density at radius 1 is 1.27 bits per heavy atom. The molecule has 0 radical (unpaired) electrons. The van der Waals surface area contributed by atoms with E-state index in [-0.39, 0.29) is 17.3 Å². The van der Waals surface area contributed by atoms with Crippen LogP contribution in [0.5, 0.6) is 5.75 Å². The van der Waals surface area contributed by atoms with E-state index in [0.717, 1.165) is 5.52 Å². The monoisotopic (exact) mass is 469 g/mol. The fraction of sp³-hybridized carbons (Fsp3) is 0.263. The van der Waals surface area contributed by atoms with Crippen LogP contribution in [-0.4, -0.2) is 35.2 Å². The van der Waals surface area contributed by atoms with Gasteiger partial charge in [0.15, 0.2) is 11.4 Å². The number of nitrogens with zero attached hydrogens (tertiary/aromatic N) is 3. The summed E-state index contributed by atoms with van der Waals surface area (Å²) in [5.41, 5.74) is 0.706. The normalized spacial score (nSPS) is 11.8. The van der Waals surface area contributed by atoms with Crippen molar-refractivity contribution in [2.75, 3.05) is 19.8 Å². The number of aromatic nitrogens is 1. The zero-order valence-corrected chi connectivity index (χ0v) is 18.2. The molecule has 0 aliphatic carbocycles. The third kappa shape index (κ3) is 5.37. The van der Waals surface area contributed by atoms with Gasteiger partial charge in [-0.15, -0.1) is 0 Å². The van der Waals surface area contributed by atoms with Crippen LogP contribution in [0.4, 0.5) is 5.69 Å². The molecule has 1 aromatic heterocycles. The molecule has 1 heterocycles. The number of nitro benzene ring substituents is 1. The van der Waals surface area contributed by atoms with Gasteiger partial charge in [0.1, 0.15) is 5.75 Å². The van der Waals surface area contributed by atoms with Gasteiger partial charge in [0.2, 0.25) is 0 Å². The lowest BCUT2D eigenvalue weighted by atomic mass is 10.3. The number of carbonyl (C=O) groups is 1. The maximum Gasteiger partial charge on any atom is 0.286 e. The van der Waals surface area contributed by atoms with Crippen molar-refractivity contribution in [3.8, 4) is 5.75 Å². The van der Waals surface area contributed by atoms with Gasteiger partial charge in [0.25, 0.3) is 11.6 Å². The van der Waals surface area contributed by atoms with Crippen LogP contribution in [0, 0.1) is 10.1 Å². The van der Waals surface area contributed by atoms with Gasteiger partial charge >= 0.3 is 0 Å².